The molecule has 4 rings (SSSR count). The van der Waals surface area contributed by atoms with Crippen LogP contribution in [0.15, 0.2) is 69.9 Å². The number of ether oxygens (including phenoxy) is 1. The number of nitro benzene ring substituents is 1. The Labute approximate surface area is 175 Å². The number of esters is 1. The van der Waals surface area contributed by atoms with E-state index in [9.17, 15) is 14.9 Å². The first-order valence-electron chi connectivity index (χ1n) is 9.02. The molecule has 9 heteroatoms. The summed E-state index contributed by atoms with van der Waals surface area (Å²) in [5.41, 5.74) is 2.03. The summed E-state index contributed by atoms with van der Waals surface area (Å²) in [6, 6.07) is 14.0. The number of nitro groups is 1. The summed E-state index contributed by atoms with van der Waals surface area (Å²) in [4.78, 5) is 31.1. The predicted molar refractivity (Wildman–Crippen MR) is 112 cm³/mol. The largest absolute Gasteiger partial charge is 0.402 e. The van der Waals surface area contributed by atoms with E-state index in [1.807, 2.05) is 29.2 Å². The third-order valence-corrected chi connectivity index (χ3v) is 5.46. The van der Waals surface area contributed by atoms with Gasteiger partial charge in [-0.05, 0) is 40.2 Å². The molecule has 2 aromatic rings. The second-order valence-electron chi connectivity index (χ2n) is 6.60. The second-order valence-corrected chi connectivity index (χ2v) is 7.45. The van der Waals surface area contributed by atoms with Crippen LogP contribution in [0.2, 0.25) is 0 Å². The van der Waals surface area contributed by atoms with E-state index in [4.69, 9.17) is 4.74 Å². The van der Waals surface area contributed by atoms with Crippen molar-refractivity contribution in [1.29, 1.82) is 0 Å². The van der Waals surface area contributed by atoms with Crippen molar-refractivity contribution in [2.45, 2.75) is 0 Å². The van der Waals surface area contributed by atoms with Gasteiger partial charge in [-0.3, -0.25) is 10.1 Å². The number of anilines is 1. The normalized spacial score (nSPS) is 18.0. The van der Waals surface area contributed by atoms with E-state index in [1.54, 1.807) is 18.3 Å². The Morgan fingerprint density at radius 3 is 2.41 bits per heavy atom. The molecule has 2 heterocycles. The van der Waals surface area contributed by atoms with Gasteiger partial charge in [0.05, 0.1) is 10.5 Å². The van der Waals surface area contributed by atoms with Gasteiger partial charge in [0.2, 0.25) is 5.90 Å². The minimum atomic E-state index is -0.464. The van der Waals surface area contributed by atoms with Gasteiger partial charge in [-0.1, -0.05) is 12.1 Å². The van der Waals surface area contributed by atoms with Crippen LogP contribution in [0, 0.1) is 10.1 Å². The van der Waals surface area contributed by atoms with Crippen molar-refractivity contribution in [1.82, 2.24) is 4.90 Å². The third-order valence-electron chi connectivity index (χ3n) is 4.77. The number of carbonyl (C=O) groups is 1. The third kappa shape index (κ3) is 4.14. The Balaban J connectivity index is 1.42. The molecule has 8 nitrogen and oxygen atoms in total. The van der Waals surface area contributed by atoms with Crippen LogP contribution >= 0.6 is 15.9 Å². The fraction of sp³-hybridized carbons (Fsp3) is 0.200. The maximum atomic E-state index is 12.2. The summed E-state index contributed by atoms with van der Waals surface area (Å²) < 4.78 is 6.13. The van der Waals surface area contributed by atoms with Gasteiger partial charge >= 0.3 is 5.97 Å². The molecule has 0 spiro atoms. The summed E-state index contributed by atoms with van der Waals surface area (Å²) in [5, 5.41) is 10.8. The monoisotopic (exact) mass is 456 g/mol. The second kappa shape index (κ2) is 8.04. The number of aliphatic imine (C=N–C) groups is 1. The van der Waals surface area contributed by atoms with Gasteiger partial charge in [0.1, 0.15) is 0 Å². The Bertz CT molecular complexity index is 1010. The maximum Gasteiger partial charge on any atom is 0.365 e. The van der Waals surface area contributed by atoms with Crippen LogP contribution in [0.25, 0.3) is 0 Å². The standard InChI is InChI=1S/C20H17BrN4O4/c21-17-4-2-1-3-16(17)19-22-18(20(26)29-19)13-23-9-11-24(12-10-23)14-5-7-15(8-6-14)25(27)28/h1-8,13H,9-12H2. The number of halogens is 1. The summed E-state index contributed by atoms with van der Waals surface area (Å²) in [6.07, 6.45) is 1.74. The highest BCUT2D eigenvalue weighted by molar-refractivity contribution is 9.10. The molecule has 2 aromatic carbocycles. The van der Waals surface area contributed by atoms with Crippen LogP contribution in [0.3, 0.4) is 0 Å². The number of cyclic esters (lactones) is 1. The molecule has 148 valence electrons. The maximum absolute atomic E-state index is 12.2. The van der Waals surface area contributed by atoms with Crippen molar-refractivity contribution in [3.8, 4) is 0 Å². The molecule has 0 aromatic heterocycles. The Morgan fingerprint density at radius 1 is 1.07 bits per heavy atom. The minimum Gasteiger partial charge on any atom is -0.402 e. The zero-order chi connectivity index (χ0) is 20.4. The molecule has 2 aliphatic rings. The molecule has 29 heavy (non-hydrogen) atoms. The zero-order valence-corrected chi connectivity index (χ0v) is 16.9. The highest BCUT2D eigenvalue weighted by atomic mass is 79.9. The van der Waals surface area contributed by atoms with E-state index in [0.717, 1.165) is 28.8 Å². The van der Waals surface area contributed by atoms with Gasteiger partial charge in [0.25, 0.3) is 5.69 Å². The number of hydrogen-bond acceptors (Lipinski definition) is 7. The molecule has 1 fully saturated rings. The lowest BCUT2D eigenvalue weighted by molar-refractivity contribution is -0.384. The Morgan fingerprint density at radius 2 is 1.76 bits per heavy atom. The van der Waals surface area contributed by atoms with E-state index < -0.39 is 10.9 Å². The van der Waals surface area contributed by atoms with Gasteiger partial charge in [-0.15, -0.1) is 0 Å². The summed E-state index contributed by atoms with van der Waals surface area (Å²) in [6.45, 7) is 2.87. The van der Waals surface area contributed by atoms with E-state index >= 15 is 0 Å². The van der Waals surface area contributed by atoms with E-state index in [2.05, 4.69) is 25.8 Å². The lowest BCUT2D eigenvalue weighted by Crippen LogP contribution is -2.44. The SMILES string of the molecule is O=C1OC(c2ccccc2Br)=NC1=CN1CCN(c2ccc([N+](=O)[O-])cc2)CC1. The number of benzene rings is 2. The topological polar surface area (TPSA) is 88.3 Å². The molecule has 0 aliphatic carbocycles. The molecular formula is C20H17BrN4O4. The summed E-state index contributed by atoms with van der Waals surface area (Å²) in [5.74, 6) is -0.174. The predicted octanol–water partition coefficient (Wildman–Crippen LogP) is 3.32. The number of rotatable bonds is 4. The molecule has 0 amide bonds. The Hall–Kier alpha value is -3.20. The van der Waals surface area contributed by atoms with Crippen LogP contribution in [-0.2, 0) is 9.53 Å². The van der Waals surface area contributed by atoms with E-state index in [1.165, 1.54) is 12.1 Å². The number of non-ortho nitro benzene ring substituents is 1. The molecule has 0 atom stereocenters. The van der Waals surface area contributed by atoms with Gasteiger partial charge in [-0.2, -0.15) is 0 Å². The highest BCUT2D eigenvalue weighted by Gasteiger charge is 2.27. The van der Waals surface area contributed by atoms with Crippen molar-refractivity contribution >= 4 is 39.2 Å². The first-order valence-corrected chi connectivity index (χ1v) is 9.81. The first kappa shape index (κ1) is 19.1. The first-order chi connectivity index (χ1) is 14.0. The molecule has 0 saturated carbocycles. The van der Waals surface area contributed by atoms with Gasteiger partial charge < -0.3 is 14.5 Å². The van der Waals surface area contributed by atoms with Crippen molar-refractivity contribution in [2.75, 3.05) is 31.1 Å². The zero-order valence-electron chi connectivity index (χ0n) is 15.3. The average Bonchev–Trinajstić information content (AvgIpc) is 3.09. The van der Waals surface area contributed by atoms with Gasteiger partial charge in [0, 0.05) is 54.7 Å². The van der Waals surface area contributed by atoms with Crippen molar-refractivity contribution < 1.29 is 14.5 Å². The minimum absolute atomic E-state index is 0.0792. The fourth-order valence-corrected chi connectivity index (χ4v) is 3.67. The molecule has 0 radical (unpaired) electrons. The van der Waals surface area contributed by atoms with Crippen LogP contribution in [0.5, 0.6) is 0 Å². The molecule has 2 aliphatic heterocycles. The van der Waals surface area contributed by atoms with Crippen LogP contribution in [0.4, 0.5) is 11.4 Å². The number of piperazine rings is 1. The van der Waals surface area contributed by atoms with Crippen molar-refractivity contribution in [3.05, 3.63) is 80.6 Å². The van der Waals surface area contributed by atoms with Gasteiger partial charge in [0.15, 0.2) is 5.70 Å². The summed E-state index contributed by atoms with van der Waals surface area (Å²) in [7, 11) is 0. The number of carbonyl (C=O) groups excluding carboxylic acids is 1. The van der Waals surface area contributed by atoms with Crippen molar-refractivity contribution in [3.63, 3.8) is 0 Å². The lowest BCUT2D eigenvalue weighted by atomic mass is 10.2. The van der Waals surface area contributed by atoms with Crippen LogP contribution in [-0.4, -0.2) is 47.9 Å². The number of hydrogen-bond donors (Lipinski definition) is 0. The fourth-order valence-electron chi connectivity index (χ4n) is 3.22. The smallest absolute Gasteiger partial charge is 0.365 e. The lowest BCUT2D eigenvalue weighted by Gasteiger charge is -2.35. The Kier molecular flexibility index (Phi) is 5.30. The van der Waals surface area contributed by atoms with Gasteiger partial charge in [-0.25, -0.2) is 9.79 Å². The molecule has 0 N–H and O–H groups in total. The molecule has 1 saturated heterocycles. The molecule has 0 unspecified atom stereocenters. The van der Waals surface area contributed by atoms with Crippen LogP contribution < -0.4 is 4.90 Å². The molecular weight excluding hydrogens is 440 g/mol. The van der Waals surface area contributed by atoms with Crippen LogP contribution in [0.1, 0.15) is 5.56 Å². The van der Waals surface area contributed by atoms with E-state index in [-0.39, 0.29) is 11.4 Å². The highest BCUT2D eigenvalue weighted by Crippen LogP contribution is 2.24. The van der Waals surface area contributed by atoms with Crippen molar-refractivity contribution in [2.24, 2.45) is 4.99 Å². The summed E-state index contributed by atoms with van der Waals surface area (Å²) >= 11 is 3.44. The molecule has 0 bridgehead atoms. The van der Waals surface area contributed by atoms with E-state index in [0.29, 0.717) is 19.0 Å². The average molecular weight is 457 g/mol. The number of nitrogens with zero attached hydrogens (tertiary/aromatic N) is 4. The quantitative estimate of drug-likeness (QED) is 0.303.